The molecular formula is C14H19N5O3. The lowest BCUT2D eigenvalue weighted by molar-refractivity contribution is -0.782. The number of unbranched alkanes of at least 4 members (excludes halogenated alkanes) is 3. The van der Waals surface area contributed by atoms with Crippen molar-refractivity contribution >= 4 is 23.3 Å². The molecule has 0 saturated carbocycles. The van der Waals surface area contributed by atoms with Crippen molar-refractivity contribution in [2.24, 2.45) is 5.10 Å². The summed E-state index contributed by atoms with van der Waals surface area (Å²) in [5.74, 6) is 0. The van der Waals surface area contributed by atoms with Crippen LogP contribution >= 0.6 is 0 Å². The Labute approximate surface area is 127 Å². The molecule has 8 heteroatoms. The lowest BCUT2D eigenvalue weighted by Crippen LogP contribution is -2.32. The molecule has 0 aliphatic rings. The number of nitrogens with one attached hydrogen (secondary N) is 2. The molecule has 2 rings (SSSR count). The highest BCUT2D eigenvalue weighted by Crippen LogP contribution is 2.08. The van der Waals surface area contributed by atoms with Gasteiger partial charge in [-0.1, -0.05) is 26.2 Å². The number of urea groups is 1. The molecule has 2 N–H and O–H groups in total. The van der Waals surface area contributed by atoms with Crippen molar-refractivity contribution in [1.82, 2.24) is 15.9 Å². The Morgan fingerprint density at radius 3 is 3.14 bits per heavy atom. The molecule has 0 atom stereocenters. The van der Waals surface area contributed by atoms with E-state index in [1.165, 1.54) is 19.1 Å². The van der Waals surface area contributed by atoms with Gasteiger partial charge in [-0.3, -0.25) is 4.63 Å². The van der Waals surface area contributed by atoms with Gasteiger partial charge in [0.2, 0.25) is 11.0 Å². The zero-order valence-corrected chi connectivity index (χ0v) is 12.4. The Morgan fingerprint density at radius 1 is 1.45 bits per heavy atom. The largest absolute Gasteiger partial charge is 0.359 e. The number of hydrogen-bond acceptors (Lipinski definition) is 5. The lowest BCUT2D eigenvalue weighted by atomic mass is 10.2. The van der Waals surface area contributed by atoms with E-state index in [1.54, 1.807) is 18.2 Å². The summed E-state index contributed by atoms with van der Waals surface area (Å²) in [6.07, 6.45) is 5.88. The SMILES string of the molecule is CCCCCCNC(=O)N/N=C/c1ccc2c(c1)no[n+]2[O-]. The molecule has 0 saturated heterocycles. The number of amides is 2. The maximum atomic E-state index is 11.5. The summed E-state index contributed by atoms with van der Waals surface area (Å²) >= 11 is 0. The third-order valence-electron chi connectivity index (χ3n) is 3.11. The van der Waals surface area contributed by atoms with Gasteiger partial charge in [-0.05, 0) is 29.0 Å². The quantitative estimate of drug-likeness (QED) is 0.351. The first-order chi connectivity index (χ1) is 10.7. The molecular weight excluding hydrogens is 286 g/mol. The van der Waals surface area contributed by atoms with Gasteiger partial charge in [0.25, 0.3) is 0 Å². The van der Waals surface area contributed by atoms with Gasteiger partial charge >= 0.3 is 6.03 Å². The molecule has 1 aromatic carbocycles. The van der Waals surface area contributed by atoms with E-state index in [4.69, 9.17) is 0 Å². The van der Waals surface area contributed by atoms with Crippen LogP contribution in [0.4, 0.5) is 4.79 Å². The Kier molecular flexibility index (Phi) is 5.70. The fraction of sp³-hybridized carbons (Fsp3) is 0.429. The third-order valence-corrected chi connectivity index (χ3v) is 3.11. The maximum Gasteiger partial charge on any atom is 0.335 e. The number of carbonyl (C=O) groups is 1. The predicted octanol–water partition coefficient (Wildman–Crippen LogP) is 1.67. The number of hydrogen-bond donors (Lipinski definition) is 2. The summed E-state index contributed by atoms with van der Waals surface area (Å²) in [4.78, 5) is 11.8. The summed E-state index contributed by atoms with van der Waals surface area (Å²) in [5.41, 5.74) is 3.86. The van der Waals surface area contributed by atoms with E-state index in [0.717, 1.165) is 12.8 Å². The fourth-order valence-corrected chi connectivity index (χ4v) is 1.93. The van der Waals surface area contributed by atoms with E-state index in [9.17, 15) is 10.0 Å². The van der Waals surface area contributed by atoms with Crippen molar-refractivity contribution < 1.29 is 14.3 Å². The minimum Gasteiger partial charge on any atom is -0.359 e. The molecule has 0 aliphatic heterocycles. The van der Waals surface area contributed by atoms with Crippen LogP contribution in [0.25, 0.3) is 11.0 Å². The Bertz CT molecular complexity index is 653. The molecule has 118 valence electrons. The van der Waals surface area contributed by atoms with Crippen LogP contribution in [0.2, 0.25) is 0 Å². The third kappa shape index (κ3) is 4.44. The topological polar surface area (TPSA) is 106 Å². The van der Waals surface area contributed by atoms with E-state index in [2.05, 4.69) is 32.6 Å². The standard InChI is InChI=1S/C14H19N5O3/c1-2-3-4-5-8-15-14(20)17-16-10-11-6-7-13-12(9-11)18-22-19(13)21/h6-7,9-10H,2-5,8H2,1H3,(H2,15,17,20)/b16-10+. The van der Waals surface area contributed by atoms with Gasteiger partial charge in [0.1, 0.15) is 0 Å². The molecule has 1 aromatic heterocycles. The normalized spacial score (nSPS) is 11.1. The average molecular weight is 305 g/mol. The van der Waals surface area contributed by atoms with E-state index in [0.29, 0.717) is 28.0 Å². The van der Waals surface area contributed by atoms with Crippen molar-refractivity contribution in [2.45, 2.75) is 32.6 Å². The van der Waals surface area contributed by atoms with Crippen molar-refractivity contribution in [3.8, 4) is 0 Å². The first kappa shape index (κ1) is 15.7. The van der Waals surface area contributed by atoms with Crippen molar-refractivity contribution in [2.75, 3.05) is 6.54 Å². The second kappa shape index (κ2) is 7.96. The number of rotatable bonds is 7. The summed E-state index contributed by atoms with van der Waals surface area (Å²) in [5, 5.41) is 21.3. The number of hydrazone groups is 1. The summed E-state index contributed by atoms with van der Waals surface area (Å²) in [6.45, 7) is 2.78. The second-order valence-corrected chi connectivity index (χ2v) is 4.86. The molecule has 0 spiro atoms. The van der Waals surface area contributed by atoms with Gasteiger partial charge in [-0.2, -0.15) is 5.10 Å². The van der Waals surface area contributed by atoms with Crippen LogP contribution in [0, 0.1) is 5.21 Å². The number of nitrogens with zero attached hydrogens (tertiary/aromatic N) is 3. The van der Waals surface area contributed by atoms with Crippen LogP contribution in [-0.2, 0) is 0 Å². The molecule has 22 heavy (non-hydrogen) atoms. The zero-order valence-electron chi connectivity index (χ0n) is 12.4. The van der Waals surface area contributed by atoms with Crippen LogP contribution < -0.4 is 15.6 Å². The van der Waals surface area contributed by atoms with Gasteiger partial charge < -0.3 is 10.5 Å². The number of fused-ring (bicyclic) bond motifs is 1. The summed E-state index contributed by atoms with van der Waals surface area (Å²) in [6, 6.07) is 4.56. The smallest absolute Gasteiger partial charge is 0.335 e. The van der Waals surface area contributed by atoms with E-state index >= 15 is 0 Å². The Hall–Kier alpha value is -2.64. The molecule has 0 fully saturated rings. The van der Waals surface area contributed by atoms with Crippen molar-refractivity contribution in [1.29, 1.82) is 0 Å². The molecule has 0 unspecified atom stereocenters. The van der Waals surface area contributed by atoms with Crippen molar-refractivity contribution in [3.63, 3.8) is 0 Å². The first-order valence-corrected chi connectivity index (χ1v) is 7.27. The minimum absolute atomic E-state index is 0.334. The molecule has 2 amide bonds. The van der Waals surface area contributed by atoms with Gasteiger partial charge in [-0.15, -0.1) is 0 Å². The summed E-state index contributed by atoms with van der Waals surface area (Å²) in [7, 11) is 0. The van der Waals surface area contributed by atoms with Crippen molar-refractivity contribution in [3.05, 3.63) is 29.0 Å². The molecule has 0 bridgehead atoms. The fourth-order valence-electron chi connectivity index (χ4n) is 1.93. The van der Waals surface area contributed by atoms with Gasteiger partial charge in [-0.25, -0.2) is 10.2 Å². The molecule has 2 aromatic rings. The van der Waals surface area contributed by atoms with E-state index in [-0.39, 0.29) is 6.03 Å². The highest BCUT2D eigenvalue weighted by molar-refractivity contribution is 5.86. The van der Waals surface area contributed by atoms with E-state index in [1.807, 2.05) is 0 Å². The number of benzene rings is 1. The van der Waals surface area contributed by atoms with Gasteiger partial charge in [0, 0.05) is 17.8 Å². The number of aromatic nitrogens is 2. The number of carbonyl (C=O) groups excluding carboxylic acids is 1. The summed E-state index contributed by atoms with van der Waals surface area (Å²) < 4.78 is 4.47. The van der Waals surface area contributed by atoms with Gasteiger partial charge in [0.05, 0.1) is 6.21 Å². The minimum atomic E-state index is -0.340. The first-order valence-electron chi connectivity index (χ1n) is 7.27. The van der Waals surface area contributed by atoms with Crippen LogP contribution in [0.15, 0.2) is 27.9 Å². The van der Waals surface area contributed by atoms with E-state index < -0.39 is 0 Å². The van der Waals surface area contributed by atoms with Crippen LogP contribution in [0.1, 0.15) is 38.2 Å². The molecule has 1 heterocycles. The molecule has 0 radical (unpaired) electrons. The predicted molar refractivity (Wildman–Crippen MR) is 81.2 cm³/mol. The monoisotopic (exact) mass is 305 g/mol. The molecule has 8 nitrogen and oxygen atoms in total. The van der Waals surface area contributed by atoms with Crippen LogP contribution in [0.5, 0.6) is 0 Å². The Morgan fingerprint density at radius 2 is 2.32 bits per heavy atom. The Balaban J connectivity index is 1.77. The second-order valence-electron chi connectivity index (χ2n) is 4.86. The lowest BCUT2D eigenvalue weighted by Gasteiger charge is -2.03. The maximum absolute atomic E-state index is 11.5. The zero-order chi connectivity index (χ0) is 15.8. The highest BCUT2D eigenvalue weighted by Gasteiger charge is 2.08. The van der Waals surface area contributed by atoms with Crippen LogP contribution in [-0.4, -0.2) is 23.9 Å². The highest BCUT2D eigenvalue weighted by atomic mass is 16.8. The van der Waals surface area contributed by atoms with Gasteiger partial charge in [0.15, 0.2) is 0 Å². The van der Waals surface area contributed by atoms with Crippen LogP contribution in [0.3, 0.4) is 0 Å². The molecule has 0 aliphatic carbocycles. The average Bonchev–Trinajstić information content (AvgIpc) is 2.88.